The smallest absolute Gasteiger partial charge is 0.322 e. The van der Waals surface area contributed by atoms with Crippen LogP contribution in [-0.4, -0.2) is 31.3 Å². The molecule has 0 radical (unpaired) electrons. The van der Waals surface area contributed by atoms with E-state index in [-0.39, 0.29) is 22.2 Å². The van der Waals surface area contributed by atoms with Gasteiger partial charge in [-0.15, -0.1) is 0 Å². The Kier molecular flexibility index (Phi) is 5.62. The number of sulfonamides is 1. The minimum Gasteiger partial charge on any atom is -0.480 e. The Morgan fingerprint density at radius 2 is 1.95 bits per heavy atom. The lowest BCUT2D eigenvalue weighted by Crippen LogP contribution is -2.44. The van der Waals surface area contributed by atoms with Gasteiger partial charge in [0, 0.05) is 5.56 Å². The number of carboxylic acids is 1. The normalized spacial score (nSPS) is 14.4. The first-order valence-corrected chi connectivity index (χ1v) is 8.03. The van der Waals surface area contributed by atoms with Crippen LogP contribution in [0.4, 0.5) is 0 Å². The van der Waals surface area contributed by atoms with E-state index in [1.54, 1.807) is 13.8 Å². The topological polar surface area (TPSA) is 101 Å². The SMILES string of the molecule is CCC(C)C(NS(=O)(=O)c1cccc(C(C)=O)c1)C(=O)O. The van der Waals surface area contributed by atoms with Crippen LogP contribution in [-0.2, 0) is 14.8 Å². The standard InChI is InChI=1S/C14H19NO5S/c1-4-9(2)13(14(17)18)15-21(19,20)12-7-5-6-11(8-12)10(3)16/h5-9,13,15H,4H2,1-3H3,(H,17,18). The number of hydrogen-bond donors (Lipinski definition) is 2. The van der Waals surface area contributed by atoms with E-state index in [2.05, 4.69) is 4.72 Å². The van der Waals surface area contributed by atoms with E-state index >= 15 is 0 Å². The van der Waals surface area contributed by atoms with Gasteiger partial charge in [0.05, 0.1) is 4.90 Å². The van der Waals surface area contributed by atoms with Crippen molar-refractivity contribution >= 4 is 21.8 Å². The van der Waals surface area contributed by atoms with Crippen LogP contribution in [0.15, 0.2) is 29.2 Å². The number of hydrogen-bond acceptors (Lipinski definition) is 4. The third kappa shape index (κ3) is 4.37. The molecule has 0 spiro atoms. The third-order valence-electron chi connectivity index (χ3n) is 3.31. The minimum absolute atomic E-state index is 0.121. The lowest BCUT2D eigenvalue weighted by atomic mass is 10.0. The lowest BCUT2D eigenvalue weighted by molar-refractivity contribution is -0.140. The van der Waals surface area contributed by atoms with Gasteiger partial charge in [-0.3, -0.25) is 9.59 Å². The Morgan fingerprint density at radius 3 is 2.43 bits per heavy atom. The summed E-state index contributed by atoms with van der Waals surface area (Å²) in [5.74, 6) is -1.84. The first kappa shape index (κ1) is 17.3. The van der Waals surface area contributed by atoms with Crippen molar-refractivity contribution in [2.75, 3.05) is 0 Å². The van der Waals surface area contributed by atoms with Gasteiger partial charge in [-0.2, -0.15) is 4.72 Å². The average Bonchev–Trinajstić information content (AvgIpc) is 2.43. The molecule has 0 fully saturated rings. The Balaban J connectivity index is 3.13. The van der Waals surface area contributed by atoms with Crippen molar-refractivity contribution in [1.29, 1.82) is 0 Å². The van der Waals surface area contributed by atoms with Gasteiger partial charge in [0.25, 0.3) is 0 Å². The number of rotatable bonds is 7. The zero-order valence-electron chi connectivity index (χ0n) is 12.2. The average molecular weight is 313 g/mol. The summed E-state index contributed by atoms with van der Waals surface area (Å²) in [5, 5.41) is 9.15. The highest BCUT2D eigenvalue weighted by molar-refractivity contribution is 7.89. The Morgan fingerprint density at radius 1 is 1.33 bits per heavy atom. The second kappa shape index (κ2) is 6.82. The Labute approximate surface area is 124 Å². The minimum atomic E-state index is -4.00. The molecule has 0 aliphatic carbocycles. The monoisotopic (exact) mass is 313 g/mol. The number of benzene rings is 1. The van der Waals surface area contributed by atoms with E-state index in [0.29, 0.717) is 6.42 Å². The maximum atomic E-state index is 12.3. The summed E-state index contributed by atoms with van der Waals surface area (Å²) in [6.07, 6.45) is 0.521. The highest BCUT2D eigenvalue weighted by Crippen LogP contribution is 2.15. The first-order chi connectivity index (χ1) is 9.69. The molecule has 0 amide bonds. The molecule has 0 saturated carbocycles. The predicted molar refractivity (Wildman–Crippen MR) is 77.6 cm³/mol. The number of aliphatic carboxylic acids is 1. The summed E-state index contributed by atoms with van der Waals surface area (Å²) in [5.41, 5.74) is 0.258. The molecule has 0 aliphatic heterocycles. The van der Waals surface area contributed by atoms with Gasteiger partial charge < -0.3 is 5.11 Å². The van der Waals surface area contributed by atoms with Crippen molar-refractivity contribution in [2.24, 2.45) is 5.92 Å². The predicted octanol–water partition coefficient (Wildman–Crippen LogP) is 1.67. The summed E-state index contributed by atoms with van der Waals surface area (Å²) in [6.45, 7) is 4.77. The molecule has 0 aromatic heterocycles. The molecule has 6 nitrogen and oxygen atoms in total. The fourth-order valence-electron chi connectivity index (χ4n) is 1.76. The second-order valence-corrected chi connectivity index (χ2v) is 6.62. The maximum Gasteiger partial charge on any atom is 0.322 e. The van der Waals surface area contributed by atoms with Crippen LogP contribution in [0.3, 0.4) is 0 Å². The molecule has 7 heteroatoms. The molecule has 116 valence electrons. The van der Waals surface area contributed by atoms with Gasteiger partial charge >= 0.3 is 5.97 Å². The van der Waals surface area contributed by atoms with Crippen LogP contribution in [0.25, 0.3) is 0 Å². The van der Waals surface area contributed by atoms with Crippen molar-refractivity contribution in [2.45, 2.75) is 38.1 Å². The Hall–Kier alpha value is -1.73. The van der Waals surface area contributed by atoms with Crippen LogP contribution in [0, 0.1) is 5.92 Å². The fourth-order valence-corrected chi connectivity index (χ4v) is 3.11. The Bertz CT molecular complexity index is 639. The van der Waals surface area contributed by atoms with Gasteiger partial charge in [0.2, 0.25) is 10.0 Å². The van der Waals surface area contributed by atoms with Gasteiger partial charge in [0.15, 0.2) is 5.78 Å². The van der Waals surface area contributed by atoms with E-state index in [0.717, 1.165) is 0 Å². The summed E-state index contributed by atoms with van der Waals surface area (Å²) in [4.78, 5) is 22.4. The van der Waals surface area contributed by atoms with E-state index < -0.39 is 22.0 Å². The molecule has 21 heavy (non-hydrogen) atoms. The summed E-state index contributed by atoms with van der Waals surface area (Å²) in [7, 11) is -4.00. The van der Waals surface area contributed by atoms with Gasteiger partial charge in [-0.25, -0.2) is 8.42 Å². The fraction of sp³-hybridized carbons (Fsp3) is 0.429. The summed E-state index contributed by atoms with van der Waals surface area (Å²) < 4.78 is 26.7. The van der Waals surface area contributed by atoms with Crippen LogP contribution in [0.2, 0.25) is 0 Å². The van der Waals surface area contributed by atoms with Gasteiger partial charge in [0.1, 0.15) is 6.04 Å². The van der Waals surface area contributed by atoms with Crippen molar-refractivity contribution in [1.82, 2.24) is 4.72 Å². The van der Waals surface area contributed by atoms with Gasteiger partial charge in [-0.1, -0.05) is 32.4 Å². The number of carbonyl (C=O) groups is 2. The molecule has 0 saturated heterocycles. The van der Waals surface area contributed by atoms with Gasteiger partial charge in [-0.05, 0) is 25.0 Å². The molecule has 2 N–H and O–H groups in total. The van der Waals surface area contributed by atoms with Crippen molar-refractivity contribution in [3.05, 3.63) is 29.8 Å². The second-order valence-electron chi connectivity index (χ2n) is 4.91. The maximum absolute atomic E-state index is 12.3. The lowest BCUT2D eigenvalue weighted by Gasteiger charge is -2.20. The highest BCUT2D eigenvalue weighted by Gasteiger charge is 2.29. The molecular weight excluding hydrogens is 294 g/mol. The summed E-state index contributed by atoms with van der Waals surface area (Å²) >= 11 is 0. The van der Waals surface area contributed by atoms with Crippen LogP contribution in [0.5, 0.6) is 0 Å². The molecule has 0 aliphatic rings. The largest absolute Gasteiger partial charge is 0.480 e. The third-order valence-corrected chi connectivity index (χ3v) is 4.75. The molecule has 0 bridgehead atoms. The van der Waals surface area contributed by atoms with E-state index in [1.807, 2.05) is 0 Å². The molecular formula is C14H19NO5S. The first-order valence-electron chi connectivity index (χ1n) is 6.55. The van der Waals surface area contributed by atoms with Crippen molar-refractivity contribution < 1.29 is 23.1 Å². The number of carboxylic acid groups (broad SMARTS) is 1. The van der Waals surface area contributed by atoms with Crippen LogP contribution in [0.1, 0.15) is 37.6 Å². The summed E-state index contributed by atoms with van der Waals surface area (Å²) in [6, 6.07) is 4.31. The zero-order chi connectivity index (χ0) is 16.2. The highest BCUT2D eigenvalue weighted by atomic mass is 32.2. The quantitative estimate of drug-likeness (QED) is 0.746. The molecule has 2 atom stereocenters. The number of nitrogens with one attached hydrogen (secondary N) is 1. The molecule has 1 rings (SSSR count). The number of ketones is 1. The number of Topliss-reactive ketones (excluding diaryl/α,β-unsaturated/α-hetero) is 1. The van der Waals surface area contributed by atoms with Crippen LogP contribution < -0.4 is 4.72 Å². The van der Waals surface area contributed by atoms with Crippen molar-refractivity contribution in [3.63, 3.8) is 0 Å². The molecule has 0 heterocycles. The van der Waals surface area contributed by atoms with E-state index in [4.69, 9.17) is 5.11 Å². The molecule has 1 aromatic rings. The van der Waals surface area contributed by atoms with E-state index in [9.17, 15) is 18.0 Å². The molecule has 2 unspecified atom stereocenters. The number of carbonyl (C=O) groups excluding carboxylic acids is 1. The zero-order valence-corrected chi connectivity index (χ0v) is 13.0. The van der Waals surface area contributed by atoms with E-state index in [1.165, 1.54) is 31.2 Å². The molecule has 1 aromatic carbocycles. The van der Waals surface area contributed by atoms with Crippen LogP contribution >= 0.6 is 0 Å². The van der Waals surface area contributed by atoms with Crippen molar-refractivity contribution in [3.8, 4) is 0 Å².